The molecule has 0 bridgehead atoms. The van der Waals surface area contributed by atoms with Crippen LogP contribution in [0.25, 0.3) is 10.9 Å². The zero-order valence-electron chi connectivity index (χ0n) is 12.9. The van der Waals surface area contributed by atoms with Gasteiger partial charge in [0.15, 0.2) is 0 Å². The van der Waals surface area contributed by atoms with Crippen molar-refractivity contribution in [2.24, 2.45) is 5.92 Å². The third kappa shape index (κ3) is 3.21. The van der Waals surface area contributed by atoms with Gasteiger partial charge in [-0.25, -0.2) is 0 Å². The first kappa shape index (κ1) is 14.8. The van der Waals surface area contributed by atoms with Gasteiger partial charge in [0.25, 0.3) is 5.56 Å². The molecule has 1 fully saturated rings. The quantitative estimate of drug-likeness (QED) is 0.883. The Balaban J connectivity index is 1.74. The summed E-state index contributed by atoms with van der Waals surface area (Å²) < 4.78 is 5.37. The molecule has 0 aliphatic heterocycles. The van der Waals surface area contributed by atoms with Crippen molar-refractivity contribution in [1.29, 1.82) is 0 Å². The summed E-state index contributed by atoms with van der Waals surface area (Å²) in [5.41, 5.74) is 2.25. The summed E-state index contributed by atoms with van der Waals surface area (Å²) in [6.45, 7) is 2.06. The van der Waals surface area contributed by atoms with Crippen molar-refractivity contribution in [3.63, 3.8) is 0 Å². The van der Waals surface area contributed by atoms with Crippen molar-refractivity contribution in [2.45, 2.75) is 45.6 Å². The summed E-state index contributed by atoms with van der Waals surface area (Å²) in [7, 11) is 0. The molecule has 2 aromatic rings. The Morgan fingerprint density at radius 2 is 2.00 bits per heavy atom. The second-order valence-corrected chi connectivity index (χ2v) is 6.16. The number of pyridine rings is 1. The van der Waals surface area contributed by atoms with E-state index in [1.54, 1.807) is 0 Å². The van der Waals surface area contributed by atoms with Gasteiger partial charge in [0, 0.05) is 5.52 Å². The second-order valence-electron chi connectivity index (χ2n) is 6.16. The van der Waals surface area contributed by atoms with Crippen molar-refractivity contribution < 1.29 is 9.53 Å². The first-order valence-electron chi connectivity index (χ1n) is 7.93. The lowest BCUT2D eigenvalue weighted by Crippen LogP contribution is -2.22. The lowest BCUT2D eigenvalue weighted by atomic mass is 9.89. The number of esters is 1. The molecule has 1 aliphatic rings. The summed E-state index contributed by atoms with van der Waals surface area (Å²) in [5.74, 6) is -0.154. The van der Waals surface area contributed by atoms with E-state index in [-0.39, 0.29) is 24.1 Å². The summed E-state index contributed by atoms with van der Waals surface area (Å²) >= 11 is 0. The molecule has 1 aromatic carbocycles. The number of benzene rings is 1. The van der Waals surface area contributed by atoms with Gasteiger partial charge in [-0.2, -0.15) is 0 Å². The van der Waals surface area contributed by atoms with E-state index in [0.29, 0.717) is 5.56 Å². The molecule has 3 rings (SSSR count). The summed E-state index contributed by atoms with van der Waals surface area (Å²) in [5, 5.41) is 0.961. The standard InChI is InChI=1S/C18H21NO3/c1-12-7-8-16-14(9-12)10-15(17(20)19-16)11-22-18(21)13-5-3-2-4-6-13/h7-10,13H,2-6,11H2,1H3,(H,19,20). The number of fused-ring (bicyclic) bond motifs is 1. The minimum Gasteiger partial charge on any atom is -0.460 e. The first-order valence-corrected chi connectivity index (χ1v) is 7.93. The summed E-state index contributed by atoms with van der Waals surface area (Å²) in [6.07, 6.45) is 5.21. The highest BCUT2D eigenvalue weighted by molar-refractivity contribution is 5.79. The largest absolute Gasteiger partial charge is 0.460 e. The predicted molar refractivity (Wildman–Crippen MR) is 85.7 cm³/mol. The van der Waals surface area contributed by atoms with Gasteiger partial charge >= 0.3 is 5.97 Å². The van der Waals surface area contributed by atoms with Gasteiger partial charge in [0.05, 0.1) is 11.5 Å². The number of nitrogens with one attached hydrogen (secondary N) is 1. The summed E-state index contributed by atoms with van der Waals surface area (Å²) in [6, 6.07) is 7.68. The maximum atomic E-state index is 12.1. The van der Waals surface area contributed by atoms with Crippen LogP contribution in [0.2, 0.25) is 0 Å². The van der Waals surface area contributed by atoms with Crippen LogP contribution in [0.1, 0.15) is 43.2 Å². The number of hydrogen-bond acceptors (Lipinski definition) is 3. The SMILES string of the molecule is Cc1ccc2[nH]c(=O)c(COC(=O)C3CCCCC3)cc2c1. The highest BCUT2D eigenvalue weighted by Gasteiger charge is 2.22. The van der Waals surface area contributed by atoms with E-state index in [9.17, 15) is 9.59 Å². The Bertz CT molecular complexity index is 742. The van der Waals surface area contributed by atoms with Crippen LogP contribution in [0.15, 0.2) is 29.1 Å². The molecule has 22 heavy (non-hydrogen) atoms. The number of hydrogen-bond donors (Lipinski definition) is 1. The average molecular weight is 299 g/mol. The Morgan fingerprint density at radius 1 is 1.23 bits per heavy atom. The van der Waals surface area contributed by atoms with E-state index in [1.165, 1.54) is 6.42 Å². The maximum absolute atomic E-state index is 12.1. The van der Waals surface area contributed by atoms with Crippen molar-refractivity contribution in [2.75, 3.05) is 0 Å². The molecule has 116 valence electrons. The fraction of sp³-hybridized carbons (Fsp3) is 0.444. The maximum Gasteiger partial charge on any atom is 0.309 e. The third-order valence-electron chi connectivity index (χ3n) is 4.39. The van der Waals surface area contributed by atoms with Crippen molar-refractivity contribution in [1.82, 2.24) is 4.98 Å². The van der Waals surface area contributed by atoms with E-state index >= 15 is 0 Å². The van der Waals surface area contributed by atoms with Gasteiger partial charge in [-0.3, -0.25) is 9.59 Å². The number of ether oxygens (including phenoxy) is 1. The molecule has 0 radical (unpaired) electrons. The van der Waals surface area contributed by atoms with E-state index in [4.69, 9.17) is 4.74 Å². The molecule has 0 spiro atoms. The van der Waals surface area contributed by atoms with Crippen LogP contribution in [-0.2, 0) is 16.1 Å². The summed E-state index contributed by atoms with van der Waals surface area (Å²) in [4.78, 5) is 27.0. The molecular weight excluding hydrogens is 278 g/mol. The predicted octanol–water partition coefficient (Wildman–Crippen LogP) is 3.46. The van der Waals surface area contributed by atoms with Gasteiger partial charge < -0.3 is 9.72 Å². The minimum atomic E-state index is -0.187. The Hall–Kier alpha value is -2.10. The zero-order chi connectivity index (χ0) is 15.5. The fourth-order valence-corrected chi connectivity index (χ4v) is 3.08. The van der Waals surface area contributed by atoms with Gasteiger partial charge in [-0.15, -0.1) is 0 Å². The van der Waals surface area contributed by atoms with Crippen LogP contribution in [0.5, 0.6) is 0 Å². The highest BCUT2D eigenvalue weighted by Crippen LogP contribution is 2.25. The third-order valence-corrected chi connectivity index (χ3v) is 4.39. The zero-order valence-corrected chi connectivity index (χ0v) is 12.9. The number of aromatic nitrogens is 1. The lowest BCUT2D eigenvalue weighted by Gasteiger charge is -2.19. The number of rotatable bonds is 3. The van der Waals surface area contributed by atoms with E-state index in [0.717, 1.165) is 42.1 Å². The minimum absolute atomic E-state index is 0.00975. The van der Waals surface area contributed by atoms with Crippen LogP contribution in [-0.4, -0.2) is 11.0 Å². The molecule has 0 atom stereocenters. The van der Waals surface area contributed by atoms with Crippen molar-refractivity contribution in [3.05, 3.63) is 45.7 Å². The topological polar surface area (TPSA) is 59.2 Å². The second kappa shape index (κ2) is 6.34. The van der Waals surface area contributed by atoms with Gasteiger partial charge in [0.1, 0.15) is 6.61 Å². The molecular formula is C18H21NO3. The van der Waals surface area contributed by atoms with E-state index < -0.39 is 0 Å². The molecule has 0 amide bonds. The fourth-order valence-electron chi connectivity index (χ4n) is 3.08. The smallest absolute Gasteiger partial charge is 0.309 e. The van der Waals surface area contributed by atoms with Gasteiger partial charge in [0.2, 0.25) is 0 Å². The molecule has 4 heteroatoms. The molecule has 1 saturated carbocycles. The molecule has 1 aliphatic carbocycles. The molecule has 1 aromatic heterocycles. The Labute approximate surface area is 129 Å². The number of carbonyl (C=O) groups excluding carboxylic acids is 1. The lowest BCUT2D eigenvalue weighted by molar-refractivity contribution is -0.151. The van der Waals surface area contributed by atoms with E-state index in [2.05, 4.69) is 4.98 Å². The molecule has 1 N–H and O–H groups in total. The van der Waals surface area contributed by atoms with Crippen LogP contribution < -0.4 is 5.56 Å². The van der Waals surface area contributed by atoms with E-state index in [1.807, 2.05) is 31.2 Å². The molecule has 4 nitrogen and oxygen atoms in total. The van der Waals surface area contributed by atoms with Crippen LogP contribution in [0, 0.1) is 12.8 Å². The number of aromatic amines is 1. The van der Waals surface area contributed by atoms with Crippen LogP contribution in [0.4, 0.5) is 0 Å². The number of H-pyrrole nitrogens is 1. The Morgan fingerprint density at radius 3 is 2.77 bits per heavy atom. The first-order chi connectivity index (χ1) is 10.6. The monoisotopic (exact) mass is 299 g/mol. The molecule has 0 saturated heterocycles. The van der Waals surface area contributed by atoms with Crippen LogP contribution in [0.3, 0.4) is 0 Å². The molecule has 0 unspecified atom stereocenters. The van der Waals surface area contributed by atoms with Crippen molar-refractivity contribution in [3.8, 4) is 0 Å². The number of aryl methyl sites for hydroxylation is 1. The Kier molecular flexibility index (Phi) is 4.27. The average Bonchev–Trinajstić information content (AvgIpc) is 2.54. The van der Waals surface area contributed by atoms with Crippen molar-refractivity contribution >= 4 is 16.9 Å². The normalized spacial score (nSPS) is 15.9. The molecule has 1 heterocycles. The van der Waals surface area contributed by atoms with Crippen LogP contribution >= 0.6 is 0 Å². The highest BCUT2D eigenvalue weighted by atomic mass is 16.5. The number of carbonyl (C=O) groups is 1. The van der Waals surface area contributed by atoms with Gasteiger partial charge in [-0.1, -0.05) is 30.9 Å². The van der Waals surface area contributed by atoms with Gasteiger partial charge in [-0.05, 0) is 43.4 Å².